The van der Waals surface area contributed by atoms with Gasteiger partial charge in [-0.15, -0.1) is 0 Å². The van der Waals surface area contributed by atoms with Crippen LogP contribution in [0.1, 0.15) is 66.1 Å². The largest absolute Gasteiger partial charge is 0.352 e. The Hall–Kier alpha value is -3.08. The van der Waals surface area contributed by atoms with E-state index in [2.05, 4.69) is 48.2 Å². The van der Waals surface area contributed by atoms with E-state index in [4.69, 9.17) is 9.97 Å². The lowest BCUT2D eigenvalue weighted by molar-refractivity contribution is 0.0938. The summed E-state index contributed by atoms with van der Waals surface area (Å²) < 4.78 is 5.43. The summed E-state index contributed by atoms with van der Waals surface area (Å²) in [6.45, 7) is 4.95. The summed E-state index contributed by atoms with van der Waals surface area (Å²) in [6, 6.07) is 10.8. The van der Waals surface area contributed by atoms with Gasteiger partial charge in [-0.05, 0) is 44.4 Å². The predicted molar refractivity (Wildman–Crippen MR) is 147 cm³/mol. The molecule has 1 aromatic carbocycles. The number of nitrogens with zero attached hydrogens (tertiary/aromatic N) is 4. The highest BCUT2D eigenvalue weighted by molar-refractivity contribution is 14.1. The summed E-state index contributed by atoms with van der Waals surface area (Å²) in [5.74, 6) is 1.45. The van der Waals surface area contributed by atoms with Crippen LogP contribution >= 0.6 is 22.9 Å². The maximum absolute atomic E-state index is 12.6. The molecule has 0 atom stereocenters. The second-order valence-corrected chi connectivity index (χ2v) is 9.01. The molecule has 0 bridgehead atoms. The Morgan fingerprint density at radius 3 is 2.54 bits per heavy atom. The van der Waals surface area contributed by atoms with Crippen LogP contribution in [0, 0.1) is 0 Å². The fraction of sp³-hybridized carbons (Fsp3) is 0.346. The number of carbonyl (C=O) groups is 2. The molecule has 1 amide bonds. The number of ketones is 1. The number of nitrogens with one attached hydrogen (secondary N) is 2. The van der Waals surface area contributed by atoms with Gasteiger partial charge in [-0.25, -0.2) is 9.97 Å². The van der Waals surface area contributed by atoms with Gasteiger partial charge >= 0.3 is 0 Å². The second kappa shape index (κ2) is 11.6. The normalized spacial score (nSPS) is 11.2. The van der Waals surface area contributed by atoms with E-state index in [1.165, 1.54) is 6.92 Å². The zero-order chi connectivity index (χ0) is 24.8. The van der Waals surface area contributed by atoms with Gasteiger partial charge in [0.05, 0.1) is 33.9 Å². The van der Waals surface area contributed by atoms with E-state index in [-0.39, 0.29) is 11.7 Å². The van der Waals surface area contributed by atoms with Gasteiger partial charge in [0.2, 0.25) is 0 Å². The zero-order valence-electron chi connectivity index (χ0n) is 20.0. The number of Topliss-reactive ketones (excluding diaryl/α,β-unsaturated/α-hetero) is 1. The molecule has 3 heterocycles. The lowest BCUT2D eigenvalue weighted by atomic mass is 10.0. The molecule has 0 fully saturated rings. The molecule has 0 aliphatic heterocycles. The lowest BCUT2D eigenvalue weighted by Gasteiger charge is -2.12. The topological polar surface area (TPSA) is 102 Å². The number of halogens is 1. The number of fused-ring (bicyclic) bond motifs is 3. The smallest absolute Gasteiger partial charge is 0.252 e. The summed E-state index contributed by atoms with van der Waals surface area (Å²) >= 11 is 2.10. The molecule has 0 saturated heterocycles. The van der Waals surface area contributed by atoms with Crippen molar-refractivity contribution >= 4 is 62.4 Å². The van der Waals surface area contributed by atoms with Crippen LogP contribution in [-0.4, -0.2) is 37.8 Å². The van der Waals surface area contributed by atoms with Crippen LogP contribution in [0.2, 0.25) is 0 Å². The molecule has 0 aliphatic rings. The van der Waals surface area contributed by atoms with Crippen molar-refractivity contribution in [2.45, 2.75) is 52.5 Å². The summed E-state index contributed by atoms with van der Waals surface area (Å²) in [7, 11) is 0. The van der Waals surface area contributed by atoms with Gasteiger partial charge in [-0.3, -0.25) is 14.6 Å². The number of benzene rings is 1. The van der Waals surface area contributed by atoms with E-state index in [9.17, 15) is 9.59 Å². The number of imidazole rings is 1. The third-order valence-corrected chi connectivity index (χ3v) is 6.51. The average molecular weight is 584 g/mol. The number of aromatic nitrogens is 4. The Bertz CT molecular complexity index is 1370. The first kappa shape index (κ1) is 25.0. The van der Waals surface area contributed by atoms with Crippen molar-refractivity contribution < 1.29 is 9.59 Å². The van der Waals surface area contributed by atoms with Crippen molar-refractivity contribution in [1.29, 1.82) is 0 Å². The minimum atomic E-state index is -0.216. The molecule has 9 heteroatoms. The molecule has 0 radical (unpaired) electrons. The second-order valence-electron chi connectivity index (χ2n) is 8.47. The van der Waals surface area contributed by atoms with Gasteiger partial charge < -0.3 is 13.4 Å². The summed E-state index contributed by atoms with van der Waals surface area (Å²) in [5, 5.41) is 2.96. The number of hydrogen-bond acceptors (Lipinski definition) is 6. The van der Waals surface area contributed by atoms with Crippen molar-refractivity contribution in [2.75, 3.05) is 10.1 Å². The van der Waals surface area contributed by atoms with Gasteiger partial charge in [-0.2, -0.15) is 0 Å². The van der Waals surface area contributed by atoms with Crippen LogP contribution in [-0.2, 0) is 13.0 Å². The molecule has 3 aromatic heterocycles. The standard InChI is InChI=1S/C26H29IN6O2/c1-3-4-13-21-31-23-24(22-20(12-9-15-28-22)30-25(23)32-27)33(21)16-8-7-14-29-26(35)19-11-6-5-10-18(19)17(2)34/h5-6,9-12,15H,3-4,7-8,13-14,16H2,1-2H3,(H,29,35)(H,30,32). The number of amides is 1. The highest BCUT2D eigenvalue weighted by atomic mass is 127. The maximum Gasteiger partial charge on any atom is 0.252 e. The molecule has 4 aromatic rings. The third-order valence-electron chi connectivity index (χ3n) is 6.00. The van der Waals surface area contributed by atoms with E-state index in [1.807, 2.05) is 12.1 Å². The first-order valence-electron chi connectivity index (χ1n) is 11.9. The average Bonchev–Trinajstić information content (AvgIpc) is 3.25. The monoisotopic (exact) mass is 584 g/mol. The minimum Gasteiger partial charge on any atom is -0.352 e. The quantitative estimate of drug-likeness (QED) is 0.105. The number of aryl methyl sites for hydroxylation is 2. The van der Waals surface area contributed by atoms with Crippen LogP contribution in [0.25, 0.3) is 22.1 Å². The summed E-state index contributed by atoms with van der Waals surface area (Å²) in [6.07, 6.45) is 6.49. The highest BCUT2D eigenvalue weighted by Gasteiger charge is 2.19. The van der Waals surface area contributed by atoms with Gasteiger partial charge in [0, 0.05) is 31.3 Å². The van der Waals surface area contributed by atoms with Gasteiger partial charge in [0.25, 0.3) is 5.91 Å². The van der Waals surface area contributed by atoms with Crippen LogP contribution in [0.4, 0.5) is 5.82 Å². The first-order chi connectivity index (χ1) is 17.0. The van der Waals surface area contributed by atoms with Crippen molar-refractivity contribution in [1.82, 2.24) is 24.8 Å². The van der Waals surface area contributed by atoms with E-state index in [0.29, 0.717) is 17.7 Å². The molecule has 0 spiro atoms. The number of unbranched alkanes of at least 4 members (excludes halogenated alkanes) is 2. The molecular formula is C26H29IN6O2. The zero-order valence-corrected chi connectivity index (χ0v) is 22.1. The molecule has 4 rings (SSSR count). The van der Waals surface area contributed by atoms with Crippen LogP contribution in [0.15, 0.2) is 42.6 Å². The van der Waals surface area contributed by atoms with Gasteiger partial charge in [-0.1, -0.05) is 31.5 Å². The van der Waals surface area contributed by atoms with E-state index in [0.717, 1.165) is 72.4 Å². The molecular weight excluding hydrogens is 555 g/mol. The SMILES string of the molecule is CCCCc1nc2c(NI)nc3cccnc3c2n1CCCCNC(=O)c1ccccc1C(C)=O. The van der Waals surface area contributed by atoms with Crippen molar-refractivity contribution in [3.05, 3.63) is 59.5 Å². The molecule has 182 valence electrons. The lowest BCUT2D eigenvalue weighted by Crippen LogP contribution is -2.26. The molecule has 0 aliphatic carbocycles. The Labute approximate surface area is 218 Å². The molecule has 2 N–H and O–H groups in total. The summed E-state index contributed by atoms with van der Waals surface area (Å²) in [5.41, 5.74) is 4.39. The Morgan fingerprint density at radius 1 is 1.00 bits per heavy atom. The Morgan fingerprint density at radius 2 is 1.80 bits per heavy atom. The Kier molecular flexibility index (Phi) is 8.27. The molecule has 0 unspecified atom stereocenters. The number of hydrogen-bond donors (Lipinski definition) is 2. The van der Waals surface area contributed by atoms with Crippen LogP contribution in [0.5, 0.6) is 0 Å². The Balaban J connectivity index is 1.51. The van der Waals surface area contributed by atoms with Gasteiger partial charge in [0.1, 0.15) is 22.4 Å². The fourth-order valence-corrected chi connectivity index (χ4v) is 4.64. The molecule has 35 heavy (non-hydrogen) atoms. The fourth-order valence-electron chi connectivity index (χ4n) is 4.26. The third kappa shape index (κ3) is 5.44. The van der Waals surface area contributed by atoms with E-state index in [1.54, 1.807) is 30.5 Å². The van der Waals surface area contributed by atoms with Crippen LogP contribution < -0.4 is 8.85 Å². The van der Waals surface area contributed by atoms with E-state index < -0.39 is 0 Å². The number of carbonyl (C=O) groups excluding carboxylic acids is 2. The van der Waals surface area contributed by atoms with Crippen molar-refractivity contribution in [2.24, 2.45) is 0 Å². The minimum absolute atomic E-state index is 0.113. The highest BCUT2D eigenvalue weighted by Crippen LogP contribution is 2.30. The van der Waals surface area contributed by atoms with Crippen molar-refractivity contribution in [3.8, 4) is 0 Å². The first-order valence-corrected chi connectivity index (χ1v) is 13.0. The number of pyridine rings is 2. The predicted octanol–water partition coefficient (Wildman–Crippen LogP) is 5.50. The summed E-state index contributed by atoms with van der Waals surface area (Å²) in [4.78, 5) is 38.7. The number of anilines is 1. The number of rotatable bonds is 11. The molecule has 8 nitrogen and oxygen atoms in total. The van der Waals surface area contributed by atoms with Crippen LogP contribution in [0.3, 0.4) is 0 Å². The van der Waals surface area contributed by atoms with Gasteiger partial charge in [0.15, 0.2) is 11.6 Å². The maximum atomic E-state index is 12.6. The van der Waals surface area contributed by atoms with Crippen molar-refractivity contribution in [3.63, 3.8) is 0 Å². The van der Waals surface area contributed by atoms with E-state index >= 15 is 0 Å². The molecule has 0 saturated carbocycles.